The molecule has 94 valence electrons. The van der Waals surface area contributed by atoms with Crippen molar-refractivity contribution in [2.24, 2.45) is 11.3 Å². The molecule has 0 aromatic rings. The lowest BCUT2D eigenvalue weighted by atomic mass is 9.90. The number of carbonyl (C=O) groups excluding carboxylic acids is 1. The van der Waals surface area contributed by atoms with Crippen LogP contribution in [-0.4, -0.2) is 36.9 Å². The molecule has 0 radical (unpaired) electrons. The smallest absolute Gasteiger partial charge is 0.225 e. The highest BCUT2D eigenvalue weighted by atomic mass is 16.5. The Kier molecular flexibility index (Phi) is 4.74. The fourth-order valence-corrected chi connectivity index (χ4v) is 1.82. The van der Waals surface area contributed by atoms with Gasteiger partial charge in [0.05, 0.1) is 12.6 Å². The molecule has 1 amide bonds. The van der Waals surface area contributed by atoms with Crippen LogP contribution >= 0.6 is 0 Å². The Hall–Kier alpha value is -0.610. The summed E-state index contributed by atoms with van der Waals surface area (Å²) < 4.78 is 5.27. The van der Waals surface area contributed by atoms with Crippen molar-refractivity contribution in [3.8, 4) is 0 Å². The molecule has 1 heterocycles. The van der Waals surface area contributed by atoms with Gasteiger partial charge in [0, 0.05) is 18.6 Å². The molecule has 16 heavy (non-hydrogen) atoms. The van der Waals surface area contributed by atoms with E-state index in [1.54, 1.807) is 0 Å². The van der Waals surface area contributed by atoms with Gasteiger partial charge in [0.25, 0.3) is 0 Å². The van der Waals surface area contributed by atoms with E-state index in [1.165, 1.54) is 0 Å². The number of nitrogens with one attached hydrogen (secondary N) is 1. The standard InChI is InChI=1S/C12H23NO3/c1-12(2,3)11(15)13-10(8-14)9-4-6-16-7-5-9/h9-10,14H,4-8H2,1-3H3,(H,13,15). The molecule has 2 N–H and O–H groups in total. The number of amides is 1. The lowest BCUT2D eigenvalue weighted by molar-refractivity contribution is -0.130. The Labute approximate surface area is 97.4 Å². The fourth-order valence-electron chi connectivity index (χ4n) is 1.82. The summed E-state index contributed by atoms with van der Waals surface area (Å²) >= 11 is 0. The van der Waals surface area contributed by atoms with E-state index in [9.17, 15) is 9.90 Å². The van der Waals surface area contributed by atoms with Gasteiger partial charge in [-0.15, -0.1) is 0 Å². The van der Waals surface area contributed by atoms with Gasteiger partial charge in [-0.05, 0) is 18.8 Å². The molecule has 1 rings (SSSR count). The summed E-state index contributed by atoms with van der Waals surface area (Å²) in [4.78, 5) is 11.8. The predicted molar refractivity (Wildman–Crippen MR) is 62.0 cm³/mol. The first-order valence-corrected chi connectivity index (χ1v) is 5.94. The zero-order valence-corrected chi connectivity index (χ0v) is 10.5. The number of aliphatic hydroxyl groups excluding tert-OH is 1. The van der Waals surface area contributed by atoms with Crippen LogP contribution in [0.3, 0.4) is 0 Å². The van der Waals surface area contributed by atoms with Gasteiger partial charge in [0.15, 0.2) is 0 Å². The molecule has 4 heteroatoms. The number of rotatable bonds is 3. The maximum atomic E-state index is 11.8. The Morgan fingerprint density at radius 1 is 1.44 bits per heavy atom. The number of hydrogen-bond acceptors (Lipinski definition) is 3. The zero-order valence-electron chi connectivity index (χ0n) is 10.5. The van der Waals surface area contributed by atoms with Gasteiger partial charge >= 0.3 is 0 Å². The third-order valence-electron chi connectivity index (χ3n) is 3.03. The van der Waals surface area contributed by atoms with Gasteiger partial charge in [0.1, 0.15) is 0 Å². The van der Waals surface area contributed by atoms with E-state index in [4.69, 9.17) is 4.74 Å². The predicted octanol–water partition coefficient (Wildman–Crippen LogP) is 0.936. The van der Waals surface area contributed by atoms with Crippen LogP contribution in [0.1, 0.15) is 33.6 Å². The topological polar surface area (TPSA) is 58.6 Å². The molecule has 0 aromatic carbocycles. The molecule has 0 bridgehead atoms. The summed E-state index contributed by atoms with van der Waals surface area (Å²) in [7, 11) is 0. The molecule has 0 saturated carbocycles. The van der Waals surface area contributed by atoms with Crippen molar-refractivity contribution in [3.63, 3.8) is 0 Å². The molecule has 0 spiro atoms. The van der Waals surface area contributed by atoms with Crippen LogP contribution in [-0.2, 0) is 9.53 Å². The van der Waals surface area contributed by atoms with Gasteiger partial charge in [-0.25, -0.2) is 0 Å². The first kappa shape index (κ1) is 13.5. The maximum absolute atomic E-state index is 11.8. The average molecular weight is 229 g/mol. The third-order valence-corrected chi connectivity index (χ3v) is 3.03. The lowest BCUT2D eigenvalue weighted by Gasteiger charge is -2.31. The number of aliphatic hydroxyl groups is 1. The molecular weight excluding hydrogens is 206 g/mol. The van der Waals surface area contributed by atoms with Crippen molar-refractivity contribution in [2.45, 2.75) is 39.7 Å². The number of hydrogen-bond donors (Lipinski definition) is 2. The highest BCUT2D eigenvalue weighted by Gasteiger charge is 2.29. The van der Waals surface area contributed by atoms with E-state index in [0.717, 1.165) is 26.1 Å². The first-order valence-electron chi connectivity index (χ1n) is 5.94. The highest BCUT2D eigenvalue weighted by molar-refractivity contribution is 5.81. The summed E-state index contributed by atoms with van der Waals surface area (Å²) in [6.07, 6.45) is 1.82. The van der Waals surface area contributed by atoms with Crippen molar-refractivity contribution < 1.29 is 14.6 Å². The Balaban J connectivity index is 2.50. The van der Waals surface area contributed by atoms with E-state index in [-0.39, 0.29) is 18.6 Å². The normalized spacial score (nSPS) is 20.5. The van der Waals surface area contributed by atoms with Gasteiger partial charge in [0.2, 0.25) is 5.91 Å². The molecule has 1 aliphatic rings. The van der Waals surface area contributed by atoms with Crippen LogP contribution in [0.5, 0.6) is 0 Å². The minimum absolute atomic E-state index is 0.00181. The number of ether oxygens (including phenoxy) is 1. The zero-order chi connectivity index (χ0) is 12.2. The van der Waals surface area contributed by atoms with Crippen molar-refractivity contribution in [1.82, 2.24) is 5.32 Å². The maximum Gasteiger partial charge on any atom is 0.225 e. The minimum Gasteiger partial charge on any atom is -0.394 e. The molecule has 1 fully saturated rings. The van der Waals surface area contributed by atoms with Crippen LogP contribution in [0.4, 0.5) is 0 Å². The first-order chi connectivity index (χ1) is 7.45. The molecule has 4 nitrogen and oxygen atoms in total. The van der Waals surface area contributed by atoms with E-state index < -0.39 is 5.41 Å². The van der Waals surface area contributed by atoms with Crippen LogP contribution in [0.25, 0.3) is 0 Å². The molecular formula is C12H23NO3. The second kappa shape index (κ2) is 5.64. The van der Waals surface area contributed by atoms with Crippen LogP contribution in [0.15, 0.2) is 0 Å². The van der Waals surface area contributed by atoms with Gasteiger partial charge < -0.3 is 15.2 Å². The van der Waals surface area contributed by atoms with Crippen LogP contribution in [0.2, 0.25) is 0 Å². The summed E-state index contributed by atoms with van der Waals surface area (Å²) in [5, 5.41) is 12.3. The third kappa shape index (κ3) is 3.76. The van der Waals surface area contributed by atoms with Crippen molar-refractivity contribution in [1.29, 1.82) is 0 Å². The largest absolute Gasteiger partial charge is 0.394 e. The van der Waals surface area contributed by atoms with Crippen molar-refractivity contribution >= 4 is 5.91 Å². The van der Waals surface area contributed by atoms with Gasteiger partial charge in [-0.2, -0.15) is 0 Å². The minimum atomic E-state index is -0.404. The summed E-state index contributed by atoms with van der Waals surface area (Å²) in [5.74, 6) is 0.336. The van der Waals surface area contributed by atoms with Crippen LogP contribution in [0, 0.1) is 11.3 Å². The van der Waals surface area contributed by atoms with E-state index in [1.807, 2.05) is 20.8 Å². The molecule has 0 aliphatic carbocycles. The number of carbonyl (C=O) groups is 1. The van der Waals surface area contributed by atoms with E-state index >= 15 is 0 Å². The lowest BCUT2D eigenvalue weighted by Crippen LogP contribution is -2.48. The molecule has 1 unspecified atom stereocenters. The second-order valence-electron chi connectivity index (χ2n) is 5.46. The Morgan fingerprint density at radius 3 is 2.44 bits per heavy atom. The summed E-state index contributed by atoms with van der Waals surface area (Å²) in [6.45, 7) is 7.09. The quantitative estimate of drug-likeness (QED) is 0.757. The van der Waals surface area contributed by atoms with Crippen molar-refractivity contribution in [2.75, 3.05) is 19.8 Å². The monoisotopic (exact) mass is 229 g/mol. The highest BCUT2D eigenvalue weighted by Crippen LogP contribution is 2.20. The molecule has 1 atom stereocenters. The van der Waals surface area contributed by atoms with Gasteiger partial charge in [-0.1, -0.05) is 20.8 Å². The van der Waals surface area contributed by atoms with Crippen LogP contribution < -0.4 is 5.32 Å². The molecule has 0 aromatic heterocycles. The van der Waals surface area contributed by atoms with E-state index in [2.05, 4.69) is 5.32 Å². The molecule has 1 saturated heterocycles. The fraction of sp³-hybridized carbons (Fsp3) is 0.917. The average Bonchev–Trinajstić information content (AvgIpc) is 2.25. The van der Waals surface area contributed by atoms with Crippen molar-refractivity contribution in [3.05, 3.63) is 0 Å². The summed E-state index contributed by atoms with van der Waals surface area (Å²) in [5.41, 5.74) is -0.404. The Bertz CT molecular complexity index is 229. The van der Waals surface area contributed by atoms with Gasteiger partial charge in [-0.3, -0.25) is 4.79 Å². The second-order valence-corrected chi connectivity index (χ2v) is 5.46. The summed E-state index contributed by atoms with van der Waals surface area (Å²) in [6, 6.07) is -0.129. The molecule has 1 aliphatic heterocycles. The van der Waals surface area contributed by atoms with E-state index in [0.29, 0.717) is 5.92 Å². The Morgan fingerprint density at radius 2 is 2.00 bits per heavy atom. The SMILES string of the molecule is CC(C)(C)C(=O)NC(CO)C1CCOCC1.